The number of anilines is 4. The van der Waals surface area contributed by atoms with Gasteiger partial charge >= 0.3 is 0 Å². The van der Waals surface area contributed by atoms with Crippen LogP contribution in [0.3, 0.4) is 0 Å². The minimum atomic E-state index is -0.128. The first kappa shape index (κ1) is 21.8. The third-order valence-corrected chi connectivity index (χ3v) is 5.92. The summed E-state index contributed by atoms with van der Waals surface area (Å²) < 4.78 is 0.698. The number of amides is 2. The normalized spacial score (nSPS) is 10.5. The number of hydrogen-bond acceptors (Lipinski definition) is 7. The van der Waals surface area contributed by atoms with Gasteiger partial charge in [0.25, 0.3) is 0 Å². The van der Waals surface area contributed by atoms with Crippen molar-refractivity contribution in [1.82, 2.24) is 10.2 Å². The van der Waals surface area contributed by atoms with E-state index >= 15 is 0 Å². The fraction of sp³-hybridized carbons (Fsp3) is 0.238. The van der Waals surface area contributed by atoms with Crippen LogP contribution in [0.1, 0.15) is 25.8 Å². The van der Waals surface area contributed by atoms with Crippen molar-refractivity contribution >= 4 is 57.1 Å². The summed E-state index contributed by atoms with van der Waals surface area (Å²) in [5.41, 5.74) is 3.55. The van der Waals surface area contributed by atoms with Gasteiger partial charge in [0, 0.05) is 24.0 Å². The summed E-state index contributed by atoms with van der Waals surface area (Å²) in [7, 11) is 0. The second kappa shape index (κ2) is 10.7. The number of benzene rings is 2. The number of nitrogens with zero attached hydrogens (tertiary/aromatic N) is 2. The molecule has 0 aliphatic carbocycles. The Hall–Kier alpha value is -2.91. The monoisotopic (exact) mass is 441 g/mol. The Kier molecular flexibility index (Phi) is 7.81. The molecule has 0 atom stereocenters. The van der Waals surface area contributed by atoms with Gasteiger partial charge in [0.1, 0.15) is 0 Å². The summed E-state index contributed by atoms with van der Waals surface area (Å²) in [6, 6.07) is 15.3. The van der Waals surface area contributed by atoms with Gasteiger partial charge in [-0.15, -0.1) is 10.2 Å². The molecule has 0 unspecified atom stereocenters. The molecule has 0 bridgehead atoms. The van der Waals surface area contributed by atoms with E-state index in [1.165, 1.54) is 35.6 Å². The number of nitrogens with one attached hydrogen (secondary N) is 3. The first-order valence-electron chi connectivity index (χ1n) is 9.51. The Morgan fingerprint density at radius 2 is 1.77 bits per heavy atom. The van der Waals surface area contributed by atoms with E-state index in [1.54, 1.807) is 0 Å². The highest BCUT2D eigenvalue weighted by molar-refractivity contribution is 8.01. The summed E-state index contributed by atoms with van der Waals surface area (Å²) in [6.07, 6.45) is 2.14. The lowest BCUT2D eigenvalue weighted by molar-refractivity contribution is -0.114. The second-order valence-corrected chi connectivity index (χ2v) is 8.74. The molecule has 7 nitrogen and oxygen atoms in total. The van der Waals surface area contributed by atoms with Crippen molar-refractivity contribution in [2.45, 2.75) is 31.0 Å². The summed E-state index contributed by atoms with van der Waals surface area (Å²) >= 11 is 2.70. The molecule has 30 heavy (non-hydrogen) atoms. The highest BCUT2D eigenvalue weighted by Gasteiger charge is 2.09. The first-order chi connectivity index (χ1) is 14.5. The van der Waals surface area contributed by atoms with Crippen molar-refractivity contribution in [3.8, 4) is 0 Å². The minimum Gasteiger partial charge on any atom is -0.330 e. The minimum absolute atomic E-state index is 0.0871. The van der Waals surface area contributed by atoms with Gasteiger partial charge in [-0.25, -0.2) is 0 Å². The predicted octanol–water partition coefficient (Wildman–Crippen LogP) is 4.92. The van der Waals surface area contributed by atoms with Crippen molar-refractivity contribution in [1.29, 1.82) is 0 Å². The summed E-state index contributed by atoms with van der Waals surface area (Å²) in [5, 5.41) is 17.6. The average molecular weight is 442 g/mol. The fourth-order valence-electron chi connectivity index (χ4n) is 2.69. The largest absolute Gasteiger partial charge is 0.330 e. The van der Waals surface area contributed by atoms with Crippen LogP contribution in [-0.4, -0.2) is 27.8 Å². The van der Waals surface area contributed by atoms with Gasteiger partial charge in [-0.3, -0.25) is 9.59 Å². The summed E-state index contributed by atoms with van der Waals surface area (Å²) in [4.78, 5) is 23.4. The van der Waals surface area contributed by atoms with Gasteiger partial charge in [-0.05, 0) is 42.3 Å². The molecular weight excluding hydrogens is 418 g/mol. The van der Waals surface area contributed by atoms with E-state index in [9.17, 15) is 9.59 Å². The van der Waals surface area contributed by atoms with E-state index in [4.69, 9.17) is 0 Å². The quantitative estimate of drug-likeness (QED) is 0.408. The van der Waals surface area contributed by atoms with Crippen LogP contribution in [0.2, 0.25) is 0 Å². The molecule has 0 aliphatic rings. The van der Waals surface area contributed by atoms with Crippen LogP contribution < -0.4 is 16.0 Å². The smallest absolute Gasteiger partial charge is 0.234 e. The van der Waals surface area contributed by atoms with Crippen LogP contribution >= 0.6 is 23.1 Å². The van der Waals surface area contributed by atoms with Crippen molar-refractivity contribution in [3.63, 3.8) is 0 Å². The summed E-state index contributed by atoms with van der Waals surface area (Å²) in [6.45, 7) is 3.61. The van der Waals surface area contributed by atoms with Gasteiger partial charge in [0.2, 0.25) is 16.9 Å². The molecule has 0 radical (unpaired) electrons. The maximum Gasteiger partial charge on any atom is 0.234 e. The van der Waals surface area contributed by atoms with Crippen LogP contribution in [-0.2, 0) is 16.0 Å². The van der Waals surface area contributed by atoms with Crippen molar-refractivity contribution in [3.05, 3.63) is 54.1 Å². The first-order valence-corrected chi connectivity index (χ1v) is 11.3. The molecule has 0 spiro atoms. The molecule has 0 saturated heterocycles. The highest BCUT2D eigenvalue weighted by atomic mass is 32.2. The van der Waals surface area contributed by atoms with Crippen molar-refractivity contribution in [2.75, 3.05) is 21.7 Å². The molecule has 1 heterocycles. The molecule has 156 valence electrons. The Morgan fingerprint density at radius 1 is 1.00 bits per heavy atom. The van der Waals surface area contributed by atoms with Crippen molar-refractivity contribution in [2.24, 2.45) is 0 Å². The maximum absolute atomic E-state index is 12.2. The number of aromatic nitrogens is 2. The van der Waals surface area contributed by atoms with E-state index in [2.05, 4.69) is 33.1 Å². The fourth-order valence-corrected chi connectivity index (χ4v) is 4.26. The molecule has 1 aromatic heterocycles. The topological polar surface area (TPSA) is 96.0 Å². The molecule has 2 aromatic carbocycles. The number of aryl methyl sites for hydroxylation is 1. The zero-order valence-electron chi connectivity index (χ0n) is 16.8. The van der Waals surface area contributed by atoms with E-state index in [-0.39, 0.29) is 17.6 Å². The van der Waals surface area contributed by atoms with Crippen LogP contribution in [0.4, 0.5) is 22.2 Å². The van der Waals surface area contributed by atoms with E-state index in [0.717, 1.165) is 24.2 Å². The van der Waals surface area contributed by atoms with Crippen LogP contribution in [0.25, 0.3) is 0 Å². The van der Waals surface area contributed by atoms with Crippen molar-refractivity contribution < 1.29 is 9.59 Å². The highest BCUT2D eigenvalue weighted by Crippen LogP contribution is 2.28. The summed E-state index contributed by atoms with van der Waals surface area (Å²) in [5.74, 6) is 0.0384. The van der Waals surface area contributed by atoms with E-state index in [1.807, 2.05) is 48.5 Å². The SMILES string of the molecule is CCCc1ccc(NC(=O)CSc2nnc(Nc3cccc(NC(C)=O)c3)s2)cc1. The van der Waals surface area contributed by atoms with Gasteiger partial charge in [-0.2, -0.15) is 0 Å². The Bertz CT molecular complexity index is 1000. The number of rotatable bonds is 9. The predicted molar refractivity (Wildman–Crippen MR) is 124 cm³/mol. The Labute approximate surface area is 183 Å². The van der Waals surface area contributed by atoms with Crippen LogP contribution in [0.5, 0.6) is 0 Å². The third-order valence-electron chi connectivity index (χ3n) is 3.94. The number of carbonyl (C=O) groups is 2. The van der Waals surface area contributed by atoms with Gasteiger partial charge in [0.15, 0.2) is 4.34 Å². The zero-order chi connectivity index (χ0) is 21.3. The molecule has 0 fully saturated rings. The molecule has 0 saturated carbocycles. The third kappa shape index (κ3) is 6.85. The lowest BCUT2D eigenvalue weighted by atomic mass is 10.1. The molecule has 3 aromatic rings. The number of thioether (sulfide) groups is 1. The Balaban J connectivity index is 1.49. The molecule has 3 rings (SSSR count). The second-order valence-electron chi connectivity index (χ2n) is 6.54. The zero-order valence-corrected chi connectivity index (χ0v) is 18.4. The lowest BCUT2D eigenvalue weighted by Gasteiger charge is -2.06. The molecular formula is C21H23N5O2S2. The maximum atomic E-state index is 12.2. The number of hydrogen-bond donors (Lipinski definition) is 3. The molecule has 0 aliphatic heterocycles. The van der Waals surface area contributed by atoms with Gasteiger partial charge in [0.05, 0.1) is 5.75 Å². The average Bonchev–Trinajstić information content (AvgIpc) is 3.15. The van der Waals surface area contributed by atoms with Gasteiger partial charge in [-0.1, -0.05) is 54.6 Å². The molecule has 9 heteroatoms. The lowest BCUT2D eigenvalue weighted by Crippen LogP contribution is -2.13. The molecule has 2 amide bonds. The van der Waals surface area contributed by atoms with E-state index < -0.39 is 0 Å². The van der Waals surface area contributed by atoms with Gasteiger partial charge < -0.3 is 16.0 Å². The van der Waals surface area contributed by atoms with Crippen LogP contribution in [0, 0.1) is 0 Å². The Morgan fingerprint density at radius 3 is 2.50 bits per heavy atom. The van der Waals surface area contributed by atoms with E-state index in [0.29, 0.717) is 15.2 Å². The number of carbonyl (C=O) groups excluding carboxylic acids is 2. The van der Waals surface area contributed by atoms with Crippen LogP contribution in [0.15, 0.2) is 52.9 Å². The molecule has 3 N–H and O–H groups in total. The standard InChI is InChI=1S/C21H23N5O2S2/c1-3-5-15-8-10-16(11-9-15)23-19(28)13-29-21-26-25-20(30-21)24-18-7-4-6-17(12-18)22-14(2)27/h4,6-12H,3,5,13H2,1-2H3,(H,22,27)(H,23,28)(H,24,25).